The summed E-state index contributed by atoms with van der Waals surface area (Å²) in [5, 5.41) is 4.88. The van der Waals surface area contributed by atoms with Crippen LogP contribution in [0.25, 0.3) is 10.8 Å². The molecule has 2 rings (SSSR count). The normalized spacial score (nSPS) is 11.7. The second-order valence-electron chi connectivity index (χ2n) is 4.72. The van der Waals surface area contributed by atoms with Crippen LogP contribution in [0.5, 0.6) is 0 Å². The molecule has 0 saturated carbocycles. The summed E-state index contributed by atoms with van der Waals surface area (Å²) >= 11 is 0. The molecule has 0 bridgehead atoms. The minimum absolute atomic E-state index is 0.362. The highest BCUT2D eigenvalue weighted by atomic mass is 16.2. The van der Waals surface area contributed by atoms with Crippen molar-refractivity contribution in [3.63, 3.8) is 0 Å². The van der Waals surface area contributed by atoms with Gasteiger partial charge in [0.2, 0.25) is 0 Å². The monoisotopic (exact) mass is 286 g/mol. The van der Waals surface area contributed by atoms with Crippen molar-refractivity contribution in [2.45, 2.75) is 19.5 Å². The topological polar surface area (TPSA) is 96.2 Å². The Morgan fingerprint density at radius 3 is 2.57 bits per heavy atom. The Bertz CT molecular complexity index is 650. The molecule has 6 nitrogen and oxygen atoms in total. The van der Waals surface area contributed by atoms with Gasteiger partial charge >= 0.3 is 6.03 Å². The summed E-state index contributed by atoms with van der Waals surface area (Å²) < 4.78 is 0. The predicted octanol–water partition coefficient (Wildman–Crippen LogP) is 1.02. The van der Waals surface area contributed by atoms with Gasteiger partial charge in [-0.25, -0.2) is 10.2 Å². The number of nitrogens with one attached hydrogen (secondary N) is 3. The molecule has 6 heteroatoms. The van der Waals surface area contributed by atoms with Crippen molar-refractivity contribution >= 4 is 22.7 Å². The molecule has 0 heterocycles. The molecule has 0 aliphatic heterocycles. The van der Waals surface area contributed by atoms with Crippen molar-refractivity contribution in [1.82, 2.24) is 16.2 Å². The standard InChI is InChI=1S/C15H18N4O2/c1-10(16)14(20)18-19-15(21)17-9-12-7-4-6-11-5-2-3-8-13(11)12/h2-8,10H,9,16H2,1H3,(H,18,20)(H2,17,19,21)/t10-/m0/s1. The maximum absolute atomic E-state index is 11.6. The smallest absolute Gasteiger partial charge is 0.333 e. The Kier molecular flexibility index (Phi) is 4.73. The van der Waals surface area contributed by atoms with Gasteiger partial charge in [0.05, 0.1) is 6.04 Å². The van der Waals surface area contributed by atoms with E-state index < -0.39 is 18.0 Å². The molecular weight excluding hydrogens is 268 g/mol. The van der Waals surface area contributed by atoms with Gasteiger partial charge in [-0.3, -0.25) is 10.2 Å². The second kappa shape index (κ2) is 6.71. The van der Waals surface area contributed by atoms with E-state index in [0.29, 0.717) is 6.54 Å². The first-order valence-electron chi connectivity index (χ1n) is 6.64. The van der Waals surface area contributed by atoms with Crippen LogP contribution in [0.3, 0.4) is 0 Å². The van der Waals surface area contributed by atoms with E-state index in [1.807, 2.05) is 42.5 Å². The highest BCUT2D eigenvalue weighted by molar-refractivity contribution is 5.86. The molecule has 0 saturated heterocycles. The van der Waals surface area contributed by atoms with E-state index in [1.165, 1.54) is 6.92 Å². The average Bonchev–Trinajstić information content (AvgIpc) is 2.50. The van der Waals surface area contributed by atoms with Crippen LogP contribution in [0.1, 0.15) is 12.5 Å². The van der Waals surface area contributed by atoms with Crippen molar-refractivity contribution in [2.75, 3.05) is 0 Å². The molecular formula is C15H18N4O2. The van der Waals surface area contributed by atoms with Gasteiger partial charge in [0.15, 0.2) is 0 Å². The summed E-state index contributed by atoms with van der Waals surface area (Å²) in [6, 6.07) is 12.7. The van der Waals surface area contributed by atoms with Gasteiger partial charge in [-0.15, -0.1) is 0 Å². The zero-order valence-corrected chi connectivity index (χ0v) is 11.7. The summed E-state index contributed by atoms with van der Waals surface area (Å²) in [6.45, 7) is 1.90. The average molecular weight is 286 g/mol. The second-order valence-corrected chi connectivity index (χ2v) is 4.72. The zero-order valence-electron chi connectivity index (χ0n) is 11.7. The minimum atomic E-state index is -0.677. The summed E-state index contributed by atoms with van der Waals surface area (Å²) in [6.07, 6.45) is 0. The summed E-state index contributed by atoms with van der Waals surface area (Å²) in [5.74, 6) is -0.449. The van der Waals surface area contributed by atoms with Crippen LogP contribution in [0.2, 0.25) is 0 Å². The maximum Gasteiger partial charge on any atom is 0.333 e. The third-order valence-electron chi connectivity index (χ3n) is 3.03. The van der Waals surface area contributed by atoms with Gasteiger partial charge in [0, 0.05) is 6.54 Å². The van der Waals surface area contributed by atoms with E-state index in [2.05, 4.69) is 16.2 Å². The lowest BCUT2D eigenvalue weighted by atomic mass is 10.0. The molecule has 0 fully saturated rings. The van der Waals surface area contributed by atoms with Crippen molar-refractivity contribution in [3.05, 3.63) is 48.0 Å². The molecule has 0 radical (unpaired) electrons. The van der Waals surface area contributed by atoms with Crippen LogP contribution < -0.4 is 21.9 Å². The largest absolute Gasteiger partial charge is 0.333 e. The van der Waals surface area contributed by atoms with E-state index in [9.17, 15) is 9.59 Å². The van der Waals surface area contributed by atoms with Gasteiger partial charge in [-0.2, -0.15) is 0 Å². The lowest BCUT2D eigenvalue weighted by molar-refractivity contribution is -0.122. The van der Waals surface area contributed by atoms with Gasteiger partial charge in [-0.1, -0.05) is 42.5 Å². The third kappa shape index (κ3) is 3.93. The molecule has 2 aromatic carbocycles. The molecule has 0 aliphatic rings. The van der Waals surface area contributed by atoms with E-state index in [4.69, 9.17) is 5.73 Å². The van der Waals surface area contributed by atoms with Crippen molar-refractivity contribution < 1.29 is 9.59 Å². The number of carbonyl (C=O) groups is 2. The van der Waals surface area contributed by atoms with E-state index in [1.54, 1.807) is 0 Å². The number of hydrogen-bond acceptors (Lipinski definition) is 3. The maximum atomic E-state index is 11.6. The van der Waals surface area contributed by atoms with Crippen LogP contribution in [-0.4, -0.2) is 18.0 Å². The Hall–Kier alpha value is -2.60. The molecule has 0 aromatic heterocycles. The summed E-state index contributed by atoms with van der Waals surface area (Å²) in [7, 11) is 0. The Labute approximate surface area is 122 Å². The van der Waals surface area contributed by atoms with E-state index in [-0.39, 0.29) is 0 Å². The predicted molar refractivity (Wildman–Crippen MR) is 81.1 cm³/mol. The summed E-state index contributed by atoms with van der Waals surface area (Å²) in [5.41, 5.74) is 10.8. The van der Waals surface area contributed by atoms with Gasteiger partial charge < -0.3 is 11.1 Å². The van der Waals surface area contributed by atoms with Crippen LogP contribution in [0, 0.1) is 0 Å². The molecule has 0 spiro atoms. The van der Waals surface area contributed by atoms with E-state index in [0.717, 1.165) is 16.3 Å². The first kappa shape index (κ1) is 14.8. The number of benzene rings is 2. The minimum Gasteiger partial charge on any atom is -0.333 e. The van der Waals surface area contributed by atoms with Gasteiger partial charge in [0.1, 0.15) is 0 Å². The van der Waals surface area contributed by atoms with Crippen LogP contribution in [-0.2, 0) is 11.3 Å². The highest BCUT2D eigenvalue weighted by Crippen LogP contribution is 2.17. The Morgan fingerprint density at radius 1 is 1.10 bits per heavy atom. The number of nitrogens with two attached hydrogens (primary N) is 1. The van der Waals surface area contributed by atoms with Crippen molar-refractivity contribution in [1.29, 1.82) is 0 Å². The molecule has 2 aromatic rings. The van der Waals surface area contributed by atoms with Crippen molar-refractivity contribution in [2.24, 2.45) is 5.73 Å². The van der Waals surface area contributed by atoms with Gasteiger partial charge in [0.25, 0.3) is 5.91 Å². The SMILES string of the molecule is C[C@H](N)C(=O)NNC(=O)NCc1cccc2ccccc12. The Morgan fingerprint density at radius 2 is 1.81 bits per heavy atom. The van der Waals surface area contributed by atoms with Crippen LogP contribution in [0.15, 0.2) is 42.5 Å². The molecule has 5 N–H and O–H groups in total. The number of urea groups is 1. The van der Waals surface area contributed by atoms with Gasteiger partial charge in [-0.05, 0) is 23.3 Å². The number of fused-ring (bicyclic) bond motifs is 1. The number of carbonyl (C=O) groups excluding carboxylic acids is 2. The number of rotatable bonds is 3. The zero-order chi connectivity index (χ0) is 15.2. The number of hydrogen-bond donors (Lipinski definition) is 4. The fraction of sp³-hybridized carbons (Fsp3) is 0.200. The quantitative estimate of drug-likeness (QED) is 0.634. The van der Waals surface area contributed by atoms with Crippen LogP contribution >= 0.6 is 0 Å². The lowest BCUT2D eigenvalue weighted by Gasteiger charge is -2.11. The molecule has 110 valence electrons. The first-order chi connectivity index (χ1) is 10.1. The molecule has 1 atom stereocenters. The lowest BCUT2D eigenvalue weighted by Crippen LogP contribution is -2.51. The number of hydrazine groups is 1. The molecule has 21 heavy (non-hydrogen) atoms. The third-order valence-corrected chi connectivity index (χ3v) is 3.03. The summed E-state index contributed by atoms with van der Waals surface area (Å²) in [4.78, 5) is 22.8. The van der Waals surface area contributed by atoms with E-state index >= 15 is 0 Å². The fourth-order valence-corrected chi connectivity index (χ4v) is 1.90. The molecule has 0 aliphatic carbocycles. The molecule has 0 unspecified atom stereocenters. The molecule has 3 amide bonds. The highest BCUT2D eigenvalue weighted by Gasteiger charge is 2.08. The van der Waals surface area contributed by atoms with Crippen LogP contribution in [0.4, 0.5) is 4.79 Å². The number of amides is 3. The van der Waals surface area contributed by atoms with Crippen molar-refractivity contribution in [3.8, 4) is 0 Å². The first-order valence-corrected chi connectivity index (χ1v) is 6.64. The fourth-order valence-electron chi connectivity index (χ4n) is 1.90. The Balaban J connectivity index is 1.93.